The van der Waals surface area contributed by atoms with Crippen LogP contribution in [0.3, 0.4) is 0 Å². The zero-order chi connectivity index (χ0) is 21.2. The van der Waals surface area contributed by atoms with Crippen LogP contribution in [-0.4, -0.2) is 21.9 Å². The fraction of sp³-hybridized carbons (Fsp3) is 0.179. The molecular formula is C28H26N2O. The summed E-state index contributed by atoms with van der Waals surface area (Å²) in [5.74, 6) is 0.0840. The van der Waals surface area contributed by atoms with Crippen molar-refractivity contribution in [1.29, 1.82) is 0 Å². The molecule has 0 aliphatic carbocycles. The predicted molar refractivity (Wildman–Crippen MR) is 125 cm³/mol. The van der Waals surface area contributed by atoms with E-state index in [2.05, 4.69) is 66.2 Å². The van der Waals surface area contributed by atoms with Gasteiger partial charge in [-0.2, -0.15) is 0 Å². The quantitative estimate of drug-likeness (QED) is 0.404. The van der Waals surface area contributed by atoms with E-state index >= 15 is 0 Å². The number of benzene rings is 3. The number of aryl methyl sites for hydroxylation is 2. The van der Waals surface area contributed by atoms with Gasteiger partial charge in [0.15, 0.2) is 0 Å². The highest BCUT2D eigenvalue weighted by molar-refractivity contribution is 5.95. The topological polar surface area (TPSA) is 25.2 Å². The lowest BCUT2D eigenvalue weighted by molar-refractivity contribution is 0.0709. The zero-order valence-electron chi connectivity index (χ0n) is 17.7. The van der Waals surface area contributed by atoms with Crippen molar-refractivity contribution < 1.29 is 4.79 Å². The highest BCUT2D eigenvalue weighted by Crippen LogP contribution is 2.33. The molecule has 1 aliphatic heterocycles. The first-order valence-electron chi connectivity index (χ1n) is 10.9. The summed E-state index contributed by atoms with van der Waals surface area (Å²) in [6, 6.07) is 31.0. The van der Waals surface area contributed by atoms with Crippen LogP contribution in [0.25, 0.3) is 11.1 Å². The van der Waals surface area contributed by atoms with Crippen LogP contribution in [0.4, 0.5) is 0 Å². The van der Waals surface area contributed by atoms with Crippen LogP contribution in [0.15, 0.2) is 97.2 Å². The fourth-order valence-corrected chi connectivity index (χ4v) is 4.59. The summed E-state index contributed by atoms with van der Waals surface area (Å²) in [4.78, 5) is 15.8. The summed E-state index contributed by atoms with van der Waals surface area (Å²) in [5, 5.41) is 0. The summed E-state index contributed by atoms with van der Waals surface area (Å²) in [6.07, 6.45) is 3.07. The zero-order valence-corrected chi connectivity index (χ0v) is 17.7. The van der Waals surface area contributed by atoms with Gasteiger partial charge in [0.25, 0.3) is 5.91 Å². The number of fused-ring (bicyclic) bond motifs is 1. The van der Waals surface area contributed by atoms with Crippen LogP contribution in [0, 0.1) is 6.92 Å². The maximum atomic E-state index is 13.7. The molecule has 154 valence electrons. The fourth-order valence-electron chi connectivity index (χ4n) is 4.59. The maximum absolute atomic E-state index is 13.7. The second-order valence-corrected chi connectivity index (χ2v) is 8.24. The highest BCUT2D eigenvalue weighted by atomic mass is 16.2. The molecule has 0 fully saturated rings. The molecule has 1 aliphatic rings. The van der Waals surface area contributed by atoms with Crippen LogP contribution in [0.2, 0.25) is 0 Å². The number of rotatable bonds is 3. The van der Waals surface area contributed by atoms with Crippen molar-refractivity contribution in [3.63, 3.8) is 0 Å². The first kappa shape index (κ1) is 19.4. The summed E-state index contributed by atoms with van der Waals surface area (Å²) in [5.41, 5.74) is 6.56. The van der Waals surface area contributed by atoms with Gasteiger partial charge in [-0.05, 0) is 54.3 Å². The number of amides is 1. The molecule has 0 saturated heterocycles. The molecule has 2 heterocycles. The van der Waals surface area contributed by atoms with Gasteiger partial charge >= 0.3 is 0 Å². The molecule has 3 heteroatoms. The normalized spacial score (nSPS) is 15.9. The van der Waals surface area contributed by atoms with E-state index in [-0.39, 0.29) is 11.9 Å². The predicted octanol–water partition coefficient (Wildman–Crippen LogP) is 6.10. The molecule has 0 spiro atoms. The third-order valence-corrected chi connectivity index (χ3v) is 6.11. The van der Waals surface area contributed by atoms with Crippen molar-refractivity contribution in [3.05, 3.63) is 120 Å². The molecule has 1 aromatic heterocycles. The van der Waals surface area contributed by atoms with Crippen molar-refractivity contribution in [2.24, 2.45) is 0 Å². The summed E-state index contributed by atoms with van der Waals surface area (Å²) in [6.45, 7) is 3.77. The SMILES string of the molecule is Cc1cccc(C2c3cccn3CCCN2C(=O)c2ccc(-c3ccccc3)cc2)c1. The second kappa shape index (κ2) is 8.27. The summed E-state index contributed by atoms with van der Waals surface area (Å²) in [7, 11) is 0. The van der Waals surface area contributed by atoms with Gasteiger partial charge in [0.1, 0.15) is 0 Å². The molecule has 0 N–H and O–H groups in total. The van der Waals surface area contributed by atoms with Crippen LogP contribution in [-0.2, 0) is 6.54 Å². The molecule has 31 heavy (non-hydrogen) atoms. The minimum atomic E-state index is -0.0845. The van der Waals surface area contributed by atoms with Gasteiger partial charge in [0.2, 0.25) is 0 Å². The molecule has 4 aromatic rings. The summed E-state index contributed by atoms with van der Waals surface area (Å²) < 4.78 is 2.29. The van der Waals surface area contributed by atoms with Crippen molar-refractivity contribution in [2.75, 3.05) is 6.54 Å². The Kier molecular flexibility index (Phi) is 5.17. The van der Waals surface area contributed by atoms with Crippen LogP contribution < -0.4 is 0 Å². The van der Waals surface area contributed by atoms with E-state index in [0.717, 1.165) is 41.8 Å². The van der Waals surface area contributed by atoms with Gasteiger partial charge < -0.3 is 9.47 Å². The van der Waals surface area contributed by atoms with E-state index in [4.69, 9.17) is 0 Å². The molecule has 0 bridgehead atoms. The molecule has 1 unspecified atom stereocenters. The number of aromatic nitrogens is 1. The molecule has 3 nitrogen and oxygen atoms in total. The lowest BCUT2D eigenvalue weighted by Gasteiger charge is -2.31. The smallest absolute Gasteiger partial charge is 0.254 e. The van der Waals surface area contributed by atoms with Crippen LogP contribution >= 0.6 is 0 Å². The Hall–Kier alpha value is -3.59. The van der Waals surface area contributed by atoms with Gasteiger partial charge in [0, 0.05) is 30.5 Å². The minimum Gasteiger partial charge on any atom is -0.349 e. The standard InChI is InChI=1S/C28H26N2O/c1-21-8-5-11-25(20-21)27-26-12-6-17-29(26)18-7-19-30(27)28(31)24-15-13-23(14-16-24)22-9-3-2-4-10-22/h2-6,8-17,20,27H,7,18-19H2,1H3. The van der Waals surface area contributed by atoms with Gasteiger partial charge in [-0.3, -0.25) is 4.79 Å². The van der Waals surface area contributed by atoms with E-state index in [9.17, 15) is 4.79 Å². The Morgan fingerprint density at radius 1 is 0.806 bits per heavy atom. The Morgan fingerprint density at radius 2 is 1.58 bits per heavy atom. The van der Waals surface area contributed by atoms with E-state index in [1.54, 1.807) is 0 Å². The lowest BCUT2D eigenvalue weighted by atomic mass is 9.98. The molecule has 0 saturated carbocycles. The average molecular weight is 407 g/mol. The van der Waals surface area contributed by atoms with Gasteiger partial charge in [-0.15, -0.1) is 0 Å². The Bertz CT molecular complexity index is 1190. The van der Waals surface area contributed by atoms with E-state index < -0.39 is 0 Å². The summed E-state index contributed by atoms with van der Waals surface area (Å²) >= 11 is 0. The molecular weight excluding hydrogens is 380 g/mol. The Morgan fingerprint density at radius 3 is 2.35 bits per heavy atom. The molecule has 1 amide bonds. The third kappa shape index (κ3) is 3.79. The van der Waals surface area contributed by atoms with E-state index in [0.29, 0.717) is 0 Å². The molecule has 5 rings (SSSR count). The highest BCUT2D eigenvalue weighted by Gasteiger charge is 2.31. The van der Waals surface area contributed by atoms with E-state index in [1.807, 2.05) is 47.4 Å². The Balaban J connectivity index is 1.52. The van der Waals surface area contributed by atoms with Crippen molar-refractivity contribution >= 4 is 5.91 Å². The van der Waals surface area contributed by atoms with E-state index in [1.165, 1.54) is 11.3 Å². The van der Waals surface area contributed by atoms with Crippen molar-refractivity contribution in [3.8, 4) is 11.1 Å². The third-order valence-electron chi connectivity index (χ3n) is 6.11. The lowest BCUT2D eigenvalue weighted by Crippen LogP contribution is -2.35. The van der Waals surface area contributed by atoms with Crippen LogP contribution in [0.5, 0.6) is 0 Å². The number of carbonyl (C=O) groups excluding carboxylic acids is 1. The monoisotopic (exact) mass is 406 g/mol. The largest absolute Gasteiger partial charge is 0.349 e. The minimum absolute atomic E-state index is 0.0840. The number of hydrogen-bond acceptors (Lipinski definition) is 1. The van der Waals surface area contributed by atoms with Crippen molar-refractivity contribution in [1.82, 2.24) is 9.47 Å². The number of nitrogens with zero attached hydrogens (tertiary/aromatic N) is 2. The number of carbonyl (C=O) groups is 1. The van der Waals surface area contributed by atoms with Gasteiger partial charge in [-0.1, -0.05) is 72.3 Å². The first-order chi connectivity index (χ1) is 15.2. The maximum Gasteiger partial charge on any atom is 0.254 e. The van der Waals surface area contributed by atoms with Crippen LogP contribution in [0.1, 0.15) is 39.6 Å². The second-order valence-electron chi connectivity index (χ2n) is 8.24. The molecule has 0 radical (unpaired) electrons. The molecule has 3 aromatic carbocycles. The average Bonchev–Trinajstić information content (AvgIpc) is 3.19. The first-order valence-corrected chi connectivity index (χ1v) is 10.9. The van der Waals surface area contributed by atoms with Gasteiger partial charge in [-0.25, -0.2) is 0 Å². The molecule has 1 atom stereocenters. The van der Waals surface area contributed by atoms with Crippen molar-refractivity contribution in [2.45, 2.75) is 25.9 Å². The number of hydrogen-bond donors (Lipinski definition) is 0. The Labute approximate surface area is 183 Å². The van der Waals surface area contributed by atoms with Gasteiger partial charge in [0.05, 0.1) is 6.04 Å².